The summed E-state index contributed by atoms with van der Waals surface area (Å²) < 4.78 is 10.7. The van der Waals surface area contributed by atoms with Crippen LogP contribution >= 0.6 is 11.3 Å². The molecule has 7 nitrogen and oxygen atoms in total. The lowest BCUT2D eigenvalue weighted by Gasteiger charge is -2.15. The quantitative estimate of drug-likeness (QED) is 0.539. The van der Waals surface area contributed by atoms with Crippen LogP contribution in [0.2, 0.25) is 0 Å². The van der Waals surface area contributed by atoms with E-state index in [-0.39, 0.29) is 18.2 Å². The van der Waals surface area contributed by atoms with Crippen LogP contribution in [-0.2, 0) is 11.2 Å². The van der Waals surface area contributed by atoms with Crippen molar-refractivity contribution in [3.05, 3.63) is 53.3 Å². The van der Waals surface area contributed by atoms with Crippen LogP contribution in [-0.4, -0.2) is 39.2 Å². The van der Waals surface area contributed by atoms with Crippen LogP contribution in [0, 0.1) is 0 Å². The molecule has 0 aliphatic carbocycles. The molecule has 1 aliphatic heterocycles. The predicted molar refractivity (Wildman–Crippen MR) is 99.3 cm³/mol. The minimum Gasteiger partial charge on any atom is -0.356 e. The molecular weight excluding hydrogens is 364 g/mol. The molecule has 0 unspecified atom stereocenters. The molecule has 0 saturated carbocycles. The molecule has 0 spiro atoms. The van der Waals surface area contributed by atoms with Gasteiger partial charge in [-0.1, -0.05) is 28.5 Å². The number of likely N-dealkylation sites (tertiary alicyclic amines) is 1. The number of aromatic nitrogens is 3. The van der Waals surface area contributed by atoms with Gasteiger partial charge in [-0.2, -0.15) is 4.98 Å². The number of carbonyl (C=O) groups is 1. The molecule has 1 aromatic carbocycles. The Labute approximate surface area is 158 Å². The van der Waals surface area contributed by atoms with Gasteiger partial charge < -0.3 is 13.9 Å². The predicted octanol–water partition coefficient (Wildman–Crippen LogP) is 3.50. The Balaban J connectivity index is 1.27. The van der Waals surface area contributed by atoms with E-state index in [1.54, 1.807) is 11.3 Å². The van der Waals surface area contributed by atoms with Gasteiger partial charge in [-0.05, 0) is 30.0 Å². The molecule has 136 valence electrons. The molecule has 1 aliphatic rings. The minimum atomic E-state index is 0.0403. The van der Waals surface area contributed by atoms with Crippen molar-refractivity contribution in [3.8, 4) is 10.8 Å². The number of hydrogen-bond acceptors (Lipinski definition) is 7. The van der Waals surface area contributed by atoms with Crippen molar-refractivity contribution in [2.75, 3.05) is 13.1 Å². The van der Waals surface area contributed by atoms with Gasteiger partial charge in [-0.25, -0.2) is 0 Å². The van der Waals surface area contributed by atoms with Crippen molar-refractivity contribution in [2.45, 2.75) is 18.8 Å². The Hall–Kier alpha value is -3.00. The van der Waals surface area contributed by atoms with E-state index in [1.807, 2.05) is 46.7 Å². The van der Waals surface area contributed by atoms with Crippen LogP contribution in [0.4, 0.5) is 0 Å². The number of amides is 1. The number of para-hydroxylation sites is 1. The van der Waals surface area contributed by atoms with Crippen LogP contribution in [0.25, 0.3) is 21.7 Å². The van der Waals surface area contributed by atoms with E-state index in [0.29, 0.717) is 36.1 Å². The first-order valence-corrected chi connectivity index (χ1v) is 9.64. The molecule has 5 rings (SSSR count). The van der Waals surface area contributed by atoms with E-state index in [0.717, 1.165) is 16.7 Å². The molecule has 8 heteroatoms. The topological polar surface area (TPSA) is 85.3 Å². The fraction of sp³-hybridized carbons (Fsp3) is 0.263. The largest absolute Gasteiger partial charge is 0.356 e. The number of hydrogen-bond donors (Lipinski definition) is 0. The molecule has 0 N–H and O–H groups in total. The highest BCUT2D eigenvalue weighted by Crippen LogP contribution is 2.29. The maximum absolute atomic E-state index is 12.7. The maximum Gasteiger partial charge on any atom is 0.267 e. The average molecular weight is 380 g/mol. The Bertz CT molecular complexity index is 1090. The summed E-state index contributed by atoms with van der Waals surface area (Å²) in [4.78, 5) is 20.0. The van der Waals surface area contributed by atoms with E-state index in [1.165, 1.54) is 0 Å². The van der Waals surface area contributed by atoms with Crippen LogP contribution in [0.3, 0.4) is 0 Å². The molecule has 4 aromatic rings. The first kappa shape index (κ1) is 16.2. The third-order valence-corrected chi connectivity index (χ3v) is 5.71. The highest BCUT2D eigenvalue weighted by molar-refractivity contribution is 7.13. The molecule has 1 fully saturated rings. The lowest BCUT2D eigenvalue weighted by molar-refractivity contribution is -0.129. The van der Waals surface area contributed by atoms with E-state index in [4.69, 9.17) is 9.05 Å². The number of nitrogens with zero attached hydrogens (tertiary/aromatic N) is 4. The summed E-state index contributed by atoms with van der Waals surface area (Å²) in [6.07, 6.45) is 1.06. The summed E-state index contributed by atoms with van der Waals surface area (Å²) in [6, 6.07) is 11.5. The van der Waals surface area contributed by atoms with Crippen LogP contribution in [0.5, 0.6) is 0 Å². The zero-order valence-corrected chi connectivity index (χ0v) is 15.2. The maximum atomic E-state index is 12.7. The van der Waals surface area contributed by atoms with E-state index in [2.05, 4.69) is 15.3 Å². The molecule has 0 radical (unpaired) electrons. The van der Waals surface area contributed by atoms with Gasteiger partial charge in [0.05, 0.1) is 11.3 Å². The molecule has 0 bridgehead atoms. The monoisotopic (exact) mass is 380 g/mol. The number of benzene rings is 1. The summed E-state index contributed by atoms with van der Waals surface area (Å²) in [5, 5.41) is 11.0. The number of fused-ring (bicyclic) bond motifs is 1. The highest BCUT2D eigenvalue weighted by Gasteiger charge is 2.31. The zero-order valence-electron chi connectivity index (χ0n) is 14.4. The lowest BCUT2D eigenvalue weighted by Crippen LogP contribution is -2.30. The van der Waals surface area contributed by atoms with Gasteiger partial charge in [-0.3, -0.25) is 4.79 Å². The van der Waals surface area contributed by atoms with E-state index >= 15 is 0 Å². The molecule has 3 aromatic heterocycles. The average Bonchev–Trinajstić information content (AvgIpc) is 3.47. The third kappa shape index (κ3) is 3.02. The lowest BCUT2D eigenvalue weighted by atomic mass is 10.1. The number of thiophene rings is 1. The SMILES string of the molecule is O=C(Cc1noc2ccccc12)N1CC[C@H](c2noc(-c3cccs3)n2)C1. The van der Waals surface area contributed by atoms with Gasteiger partial charge in [0, 0.05) is 24.4 Å². The second-order valence-electron chi connectivity index (χ2n) is 6.56. The first-order chi connectivity index (χ1) is 13.3. The standard InChI is InChI=1S/C19H16N4O3S/c24-17(10-14-13-4-1-2-5-15(13)25-21-14)23-8-7-12(11-23)18-20-19(26-22-18)16-6-3-9-27-16/h1-6,9,12H,7-8,10-11H2/t12-/m0/s1. The van der Waals surface area contributed by atoms with Crippen LogP contribution in [0.1, 0.15) is 23.9 Å². The van der Waals surface area contributed by atoms with Crippen molar-refractivity contribution in [1.29, 1.82) is 0 Å². The van der Waals surface area contributed by atoms with Gasteiger partial charge in [0.25, 0.3) is 5.89 Å². The molecule has 1 saturated heterocycles. The number of rotatable bonds is 4. The van der Waals surface area contributed by atoms with Crippen molar-refractivity contribution in [1.82, 2.24) is 20.2 Å². The fourth-order valence-corrected chi connectivity index (χ4v) is 4.06. The van der Waals surface area contributed by atoms with E-state index in [9.17, 15) is 4.79 Å². The molecular formula is C19H16N4O3S. The summed E-state index contributed by atoms with van der Waals surface area (Å²) in [5.41, 5.74) is 1.38. The van der Waals surface area contributed by atoms with Gasteiger partial charge in [-0.15, -0.1) is 11.3 Å². The van der Waals surface area contributed by atoms with Crippen molar-refractivity contribution in [3.63, 3.8) is 0 Å². The van der Waals surface area contributed by atoms with Crippen LogP contribution in [0.15, 0.2) is 50.8 Å². The molecule has 1 amide bonds. The second-order valence-corrected chi connectivity index (χ2v) is 7.51. The third-order valence-electron chi connectivity index (χ3n) is 4.85. The Morgan fingerprint density at radius 1 is 1.19 bits per heavy atom. The Kier molecular flexibility index (Phi) is 3.97. The molecule has 27 heavy (non-hydrogen) atoms. The number of carbonyl (C=O) groups excluding carboxylic acids is 1. The van der Waals surface area contributed by atoms with Crippen molar-refractivity contribution < 1.29 is 13.8 Å². The van der Waals surface area contributed by atoms with Crippen LogP contribution < -0.4 is 0 Å². The van der Waals surface area contributed by atoms with Crippen molar-refractivity contribution >= 4 is 28.2 Å². The summed E-state index contributed by atoms with van der Waals surface area (Å²) in [7, 11) is 0. The van der Waals surface area contributed by atoms with Gasteiger partial charge in [0.15, 0.2) is 11.4 Å². The second kappa shape index (κ2) is 6.62. The van der Waals surface area contributed by atoms with Crippen molar-refractivity contribution in [2.24, 2.45) is 0 Å². The minimum absolute atomic E-state index is 0.0403. The smallest absolute Gasteiger partial charge is 0.267 e. The normalized spacial score (nSPS) is 17.0. The zero-order chi connectivity index (χ0) is 18.2. The van der Waals surface area contributed by atoms with Gasteiger partial charge in [0.2, 0.25) is 5.91 Å². The van der Waals surface area contributed by atoms with Gasteiger partial charge >= 0.3 is 0 Å². The summed E-state index contributed by atoms with van der Waals surface area (Å²) >= 11 is 1.56. The van der Waals surface area contributed by atoms with Gasteiger partial charge in [0.1, 0.15) is 5.69 Å². The van der Waals surface area contributed by atoms with E-state index < -0.39 is 0 Å². The summed E-state index contributed by atoms with van der Waals surface area (Å²) in [5.74, 6) is 1.35. The Morgan fingerprint density at radius 3 is 3.00 bits per heavy atom. The Morgan fingerprint density at radius 2 is 2.11 bits per heavy atom. The summed E-state index contributed by atoms with van der Waals surface area (Å²) in [6.45, 7) is 1.28. The molecule has 4 heterocycles. The highest BCUT2D eigenvalue weighted by atomic mass is 32.1. The molecule has 1 atom stereocenters. The first-order valence-electron chi connectivity index (χ1n) is 8.76. The fourth-order valence-electron chi connectivity index (χ4n) is 3.42.